The highest BCUT2D eigenvalue weighted by atomic mass is 15.0. The van der Waals surface area contributed by atoms with Crippen LogP contribution in [-0.4, -0.2) is 15.0 Å². The molecule has 66 heavy (non-hydrogen) atoms. The summed E-state index contributed by atoms with van der Waals surface area (Å²) in [5.74, 6) is 1.82. The first kappa shape index (κ1) is 38.6. The maximum absolute atomic E-state index is 10.5. The minimum atomic E-state index is 0.591. The summed E-state index contributed by atoms with van der Waals surface area (Å²) >= 11 is 0. The molecule has 0 aliphatic rings. The molecule has 1 aromatic heterocycles. The van der Waals surface area contributed by atoms with Gasteiger partial charge in [-0.15, -0.1) is 0 Å². The molecule has 12 rings (SSSR count). The van der Waals surface area contributed by atoms with Crippen molar-refractivity contribution in [2.24, 2.45) is 0 Å². The molecule has 0 amide bonds. The van der Waals surface area contributed by atoms with E-state index in [0.717, 1.165) is 55.5 Å². The van der Waals surface area contributed by atoms with Gasteiger partial charge in [0.15, 0.2) is 17.5 Å². The number of nitrogens with zero attached hydrogens (tertiary/aromatic N) is 4. The summed E-state index contributed by atoms with van der Waals surface area (Å²) in [5, 5.41) is 20.2. The molecule has 0 radical (unpaired) electrons. The van der Waals surface area contributed by atoms with E-state index in [1.165, 1.54) is 48.8 Å². The Morgan fingerprint density at radius 2 is 0.697 bits per heavy atom. The molecular formula is C62H38N4. The van der Waals surface area contributed by atoms with Crippen LogP contribution in [0, 0.1) is 11.3 Å². The van der Waals surface area contributed by atoms with Crippen LogP contribution >= 0.6 is 0 Å². The van der Waals surface area contributed by atoms with E-state index in [2.05, 4.69) is 188 Å². The van der Waals surface area contributed by atoms with Gasteiger partial charge < -0.3 is 0 Å². The summed E-state index contributed by atoms with van der Waals surface area (Å²) in [6, 6.07) is 83.0. The van der Waals surface area contributed by atoms with Crippen molar-refractivity contribution in [1.82, 2.24) is 15.0 Å². The standard InChI is InChI=1S/C62H38N4/c63-39-52-36-48(32-34-53(52)43-21-23-44(24-22-43)55-15-8-9-17-57(55)50-33-35-58-49(37-50)30-26-41-10-4-6-14-54(41)58)40-18-28-47(29-19-40)61-64-60(46-12-2-1-3-13-46)65-62(66-61)51-31-27-45-25-20-42-11-5-7-16-56(42)59(45)38-51/h1-38H. The van der Waals surface area contributed by atoms with Crippen LogP contribution in [0.3, 0.4) is 0 Å². The molecule has 4 heteroatoms. The predicted octanol–water partition coefficient (Wildman–Crippen LogP) is 16.0. The van der Waals surface area contributed by atoms with Gasteiger partial charge in [-0.25, -0.2) is 15.0 Å². The minimum Gasteiger partial charge on any atom is -0.208 e. The average Bonchev–Trinajstić information content (AvgIpc) is 3.40. The smallest absolute Gasteiger partial charge is 0.164 e. The summed E-state index contributed by atoms with van der Waals surface area (Å²) in [6.45, 7) is 0. The van der Waals surface area contributed by atoms with Crippen molar-refractivity contribution in [2.45, 2.75) is 0 Å². The van der Waals surface area contributed by atoms with Gasteiger partial charge in [0.1, 0.15) is 0 Å². The number of hydrogen-bond donors (Lipinski definition) is 0. The molecule has 306 valence electrons. The van der Waals surface area contributed by atoms with Gasteiger partial charge in [-0.05, 0) is 106 Å². The molecule has 0 saturated carbocycles. The Kier molecular flexibility index (Phi) is 9.51. The number of nitriles is 1. The fourth-order valence-corrected chi connectivity index (χ4v) is 9.37. The quantitative estimate of drug-likeness (QED) is 0.150. The van der Waals surface area contributed by atoms with Crippen molar-refractivity contribution in [3.63, 3.8) is 0 Å². The molecule has 0 saturated heterocycles. The van der Waals surface area contributed by atoms with Crippen molar-refractivity contribution in [3.05, 3.63) is 236 Å². The molecule has 4 nitrogen and oxygen atoms in total. The van der Waals surface area contributed by atoms with Crippen LogP contribution in [0.4, 0.5) is 0 Å². The maximum atomic E-state index is 10.5. The van der Waals surface area contributed by atoms with Gasteiger partial charge in [0.25, 0.3) is 0 Å². The normalized spacial score (nSPS) is 11.3. The van der Waals surface area contributed by atoms with Crippen LogP contribution < -0.4 is 0 Å². The third-order valence-corrected chi connectivity index (χ3v) is 12.8. The lowest BCUT2D eigenvalue weighted by atomic mass is 9.91. The molecule has 0 spiro atoms. The topological polar surface area (TPSA) is 62.5 Å². The number of hydrogen-bond acceptors (Lipinski definition) is 4. The second-order valence-electron chi connectivity index (χ2n) is 16.7. The molecule has 0 fully saturated rings. The monoisotopic (exact) mass is 838 g/mol. The lowest BCUT2D eigenvalue weighted by Crippen LogP contribution is -2.00. The molecule has 0 bridgehead atoms. The fraction of sp³-hybridized carbons (Fsp3) is 0. The molecule has 0 unspecified atom stereocenters. The van der Waals surface area contributed by atoms with E-state index in [1.54, 1.807) is 0 Å². The molecule has 0 aliphatic carbocycles. The van der Waals surface area contributed by atoms with E-state index in [9.17, 15) is 5.26 Å². The zero-order valence-corrected chi connectivity index (χ0v) is 35.7. The van der Waals surface area contributed by atoms with Gasteiger partial charge in [0.2, 0.25) is 0 Å². The Labute approximate surface area is 382 Å². The third-order valence-electron chi connectivity index (χ3n) is 12.8. The highest BCUT2D eigenvalue weighted by molar-refractivity contribution is 6.09. The Hall–Kier alpha value is -9.04. The summed E-state index contributed by atoms with van der Waals surface area (Å²) in [7, 11) is 0. The van der Waals surface area contributed by atoms with Gasteiger partial charge in [0, 0.05) is 16.7 Å². The van der Waals surface area contributed by atoms with Crippen molar-refractivity contribution in [3.8, 4) is 84.7 Å². The second kappa shape index (κ2) is 16.3. The molecule has 0 aliphatic heterocycles. The van der Waals surface area contributed by atoms with Crippen LogP contribution in [0.15, 0.2) is 231 Å². The second-order valence-corrected chi connectivity index (χ2v) is 16.7. The van der Waals surface area contributed by atoms with E-state index in [-0.39, 0.29) is 0 Å². The molecule has 12 aromatic rings. The zero-order valence-electron chi connectivity index (χ0n) is 35.7. The van der Waals surface area contributed by atoms with Crippen molar-refractivity contribution in [2.75, 3.05) is 0 Å². The van der Waals surface area contributed by atoms with Crippen LogP contribution in [0.2, 0.25) is 0 Å². The van der Waals surface area contributed by atoms with Gasteiger partial charge in [-0.1, -0.05) is 212 Å². The van der Waals surface area contributed by atoms with Crippen molar-refractivity contribution in [1.29, 1.82) is 5.26 Å². The summed E-state index contributed by atoms with van der Waals surface area (Å²) in [5.41, 5.74) is 11.8. The molecule has 0 atom stereocenters. The zero-order chi connectivity index (χ0) is 44.0. The van der Waals surface area contributed by atoms with E-state index in [1.807, 2.05) is 48.5 Å². The average molecular weight is 839 g/mol. The summed E-state index contributed by atoms with van der Waals surface area (Å²) in [4.78, 5) is 15.1. The summed E-state index contributed by atoms with van der Waals surface area (Å²) in [6.07, 6.45) is 0. The largest absolute Gasteiger partial charge is 0.208 e. The third kappa shape index (κ3) is 7.02. The van der Waals surface area contributed by atoms with Gasteiger partial charge in [-0.3, -0.25) is 0 Å². The SMILES string of the molecule is N#Cc1cc(-c2ccc(-c3nc(-c4ccccc4)nc(-c4ccc5ccc6ccccc6c5c4)n3)cc2)ccc1-c1ccc(-c2ccccc2-c2ccc3c(ccc4ccccc43)c2)cc1. The molecular weight excluding hydrogens is 801 g/mol. The minimum absolute atomic E-state index is 0.591. The number of fused-ring (bicyclic) bond motifs is 6. The predicted molar refractivity (Wildman–Crippen MR) is 273 cm³/mol. The highest BCUT2D eigenvalue weighted by Crippen LogP contribution is 2.38. The lowest BCUT2D eigenvalue weighted by Gasteiger charge is -2.13. The lowest BCUT2D eigenvalue weighted by molar-refractivity contribution is 1.07. The van der Waals surface area contributed by atoms with Crippen LogP contribution in [0.1, 0.15) is 5.56 Å². The van der Waals surface area contributed by atoms with E-state index >= 15 is 0 Å². The molecule has 1 heterocycles. The van der Waals surface area contributed by atoms with E-state index < -0.39 is 0 Å². The molecule has 11 aromatic carbocycles. The van der Waals surface area contributed by atoms with E-state index in [4.69, 9.17) is 15.0 Å². The number of aromatic nitrogens is 3. The maximum Gasteiger partial charge on any atom is 0.164 e. The fourth-order valence-electron chi connectivity index (χ4n) is 9.37. The van der Waals surface area contributed by atoms with Gasteiger partial charge in [-0.2, -0.15) is 5.26 Å². The van der Waals surface area contributed by atoms with Crippen molar-refractivity contribution >= 4 is 43.1 Å². The number of rotatable bonds is 7. The van der Waals surface area contributed by atoms with Crippen LogP contribution in [0.5, 0.6) is 0 Å². The van der Waals surface area contributed by atoms with Gasteiger partial charge in [0.05, 0.1) is 11.6 Å². The Morgan fingerprint density at radius 3 is 1.38 bits per heavy atom. The Morgan fingerprint density at radius 1 is 0.258 bits per heavy atom. The van der Waals surface area contributed by atoms with Crippen molar-refractivity contribution < 1.29 is 0 Å². The first-order chi connectivity index (χ1) is 32.6. The highest BCUT2D eigenvalue weighted by Gasteiger charge is 2.16. The molecule has 0 N–H and O–H groups in total. The van der Waals surface area contributed by atoms with Gasteiger partial charge >= 0.3 is 0 Å². The number of benzene rings is 11. The first-order valence-corrected chi connectivity index (χ1v) is 22.1. The van der Waals surface area contributed by atoms with Crippen LogP contribution in [-0.2, 0) is 0 Å². The van der Waals surface area contributed by atoms with Crippen LogP contribution in [0.25, 0.3) is 122 Å². The Bertz CT molecular complexity index is 3870. The first-order valence-electron chi connectivity index (χ1n) is 22.1. The summed E-state index contributed by atoms with van der Waals surface area (Å²) < 4.78 is 0. The van der Waals surface area contributed by atoms with E-state index in [0.29, 0.717) is 23.0 Å². The Balaban J connectivity index is 0.838.